The maximum atomic E-state index is 11.1. The molecule has 2 aromatic rings. The standard InChI is InChI=1S/C25H34N2O6/c1-17(28)32-23(13-26)15-30-21-9-5-19(6-10-21)25(3,4)20-7-11-22(12-8-20)31-16-24(14-27)33-18(2)29/h5-12,23-24H,13-16,26-27H2,1-4H3. The van der Waals surface area contributed by atoms with Crippen molar-refractivity contribution in [2.75, 3.05) is 26.3 Å². The summed E-state index contributed by atoms with van der Waals surface area (Å²) in [6, 6.07) is 15.6. The van der Waals surface area contributed by atoms with Crippen LogP contribution in [0.2, 0.25) is 0 Å². The molecule has 0 bridgehead atoms. The largest absolute Gasteiger partial charge is 0.490 e. The minimum Gasteiger partial charge on any atom is -0.490 e. The van der Waals surface area contributed by atoms with Gasteiger partial charge in [-0.1, -0.05) is 38.1 Å². The van der Waals surface area contributed by atoms with Gasteiger partial charge in [-0.2, -0.15) is 0 Å². The Kier molecular flexibility index (Phi) is 9.69. The molecule has 0 spiro atoms. The first-order valence-corrected chi connectivity index (χ1v) is 10.9. The highest BCUT2D eigenvalue weighted by Crippen LogP contribution is 2.33. The van der Waals surface area contributed by atoms with Crippen molar-refractivity contribution in [3.8, 4) is 11.5 Å². The second-order valence-corrected chi connectivity index (χ2v) is 8.23. The van der Waals surface area contributed by atoms with E-state index in [0.717, 1.165) is 11.1 Å². The lowest BCUT2D eigenvalue weighted by Gasteiger charge is -2.27. The summed E-state index contributed by atoms with van der Waals surface area (Å²) in [5.74, 6) is 0.578. The predicted molar refractivity (Wildman–Crippen MR) is 125 cm³/mol. The van der Waals surface area contributed by atoms with E-state index < -0.39 is 12.2 Å². The van der Waals surface area contributed by atoms with Gasteiger partial charge in [0.05, 0.1) is 0 Å². The summed E-state index contributed by atoms with van der Waals surface area (Å²) in [6.07, 6.45) is -0.956. The zero-order valence-electron chi connectivity index (χ0n) is 19.7. The van der Waals surface area contributed by atoms with E-state index in [1.807, 2.05) is 48.5 Å². The van der Waals surface area contributed by atoms with E-state index in [-0.39, 0.29) is 43.7 Å². The van der Waals surface area contributed by atoms with Gasteiger partial charge in [0.2, 0.25) is 0 Å². The minimum atomic E-state index is -0.478. The predicted octanol–water partition coefficient (Wildman–Crippen LogP) is 2.55. The van der Waals surface area contributed by atoms with Gasteiger partial charge in [-0.3, -0.25) is 9.59 Å². The third-order valence-electron chi connectivity index (χ3n) is 5.21. The summed E-state index contributed by atoms with van der Waals surface area (Å²) in [4.78, 5) is 22.2. The van der Waals surface area contributed by atoms with Gasteiger partial charge in [0.15, 0.2) is 0 Å². The average molecular weight is 459 g/mol. The van der Waals surface area contributed by atoms with Gasteiger partial charge in [0.1, 0.15) is 36.9 Å². The molecule has 0 aliphatic heterocycles. The molecule has 2 rings (SSSR count). The van der Waals surface area contributed by atoms with Gasteiger partial charge >= 0.3 is 11.9 Å². The summed E-state index contributed by atoms with van der Waals surface area (Å²) in [5.41, 5.74) is 13.2. The molecule has 180 valence electrons. The lowest BCUT2D eigenvalue weighted by atomic mass is 9.78. The Hall–Kier alpha value is -3.10. The lowest BCUT2D eigenvalue weighted by Crippen LogP contribution is -2.31. The van der Waals surface area contributed by atoms with Gasteiger partial charge < -0.3 is 30.4 Å². The maximum Gasteiger partial charge on any atom is 0.303 e. The molecule has 0 aliphatic carbocycles. The Morgan fingerprint density at radius 2 is 1.06 bits per heavy atom. The van der Waals surface area contributed by atoms with E-state index in [1.165, 1.54) is 13.8 Å². The van der Waals surface area contributed by atoms with E-state index in [4.69, 9.17) is 30.4 Å². The fourth-order valence-electron chi connectivity index (χ4n) is 3.25. The van der Waals surface area contributed by atoms with E-state index in [2.05, 4.69) is 13.8 Å². The van der Waals surface area contributed by atoms with Crippen LogP contribution in [0, 0.1) is 0 Å². The van der Waals surface area contributed by atoms with Gasteiger partial charge in [-0.25, -0.2) is 0 Å². The molecule has 8 nitrogen and oxygen atoms in total. The van der Waals surface area contributed by atoms with Crippen LogP contribution in [0.5, 0.6) is 11.5 Å². The number of esters is 2. The normalized spacial score (nSPS) is 13.0. The van der Waals surface area contributed by atoms with Crippen molar-refractivity contribution >= 4 is 11.9 Å². The van der Waals surface area contributed by atoms with Crippen LogP contribution in [-0.2, 0) is 24.5 Å². The van der Waals surface area contributed by atoms with Crippen molar-refractivity contribution in [1.29, 1.82) is 0 Å². The van der Waals surface area contributed by atoms with Crippen LogP contribution in [0.4, 0.5) is 0 Å². The molecule has 2 unspecified atom stereocenters. The number of carbonyl (C=O) groups is 2. The molecular formula is C25H34N2O6. The minimum absolute atomic E-state index is 0.195. The summed E-state index contributed by atoms with van der Waals surface area (Å²) in [7, 11) is 0. The molecule has 0 fully saturated rings. The Labute approximate surface area is 195 Å². The fourth-order valence-corrected chi connectivity index (χ4v) is 3.25. The molecule has 0 saturated carbocycles. The van der Waals surface area contributed by atoms with E-state index in [1.54, 1.807) is 0 Å². The molecule has 0 radical (unpaired) electrons. The van der Waals surface area contributed by atoms with Gasteiger partial charge in [-0.15, -0.1) is 0 Å². The lowest BCUT2D eigenvalue weighted by molar-refractivity contribution is -0.148. The first-order chi connectivity index (χ1) is 15.6. The number of ether oxygens (including phenoxy) is 4. The molecule has 0 saturated heterocycles. The zero-order chi connectivity index (χ0) is 24.4. The quantitative estimate of drug-likeness (QED) is 0.465. The van der Waals surface area contributed by atoms with Crippen molar-refractivity contribution in [3.05, 3.63) is 59.7 Å². The van der Waals surface area contributed by atoms with E-state index >= 15 is 0 Å². The van der Waals surface area contributed by atoms with Crippen LogP contribution in [-0.4, -0.2) is 50.4 Å². The SMILES string of the molecule is CC(=O)OC(CN)COc1ccc(C(C)(C)c2ccc(OCC(CN)OC(C)=O)cc2)cc1. The maximum absolute atomic E-state index is 11.1. The summed E-state index contributed by atoms with van der Waals surface area (Å²) >= 11 is 0. The number of rotatable bonds is 12. The van der Waals surface area contributed by atoms with Crippen LogP contribution >= 0.6 is 0 Å². The van der Waals surface area contributed by atoms with Crippen LogP contribution < -0.4 is 20.9 Å². The number of nitrogens with two attached hydrogens (primary N) is 2. The fraction of sp³-hybridized carbons (Fsp3) is 0.440. The average Bonchev–Trinajstić information content (AvgIpc) is 2.79. The van der Waals surface area contributed by atoms with E-state index in [0.29, 0.717) is 11.5 Å². The van der Waals surface area contributed by atoms with Gasteiger partial charge in [0, 0.05) is 32.4 Å². The topological polar surface area (TPSA) is 123 Å². The van der Waals surface area contributed by atoms with Crippen LogP contribution in [0.15, 0.2) is 48.5 Å². The summed E-state index contributed by atoms with van der Waals surface area (Å²) in [5, 5.41) is 0. The van der Waals surface area contributed by atoms with Crippen LogP contribution in [0.25, 0.3) is 0 Å². The molecule has 0 heterocycles. The van der Waals surface area contributed by atoms with Crippen molar-refractivity contribution in [3.63, 3.8) is 0 Å². The second-order valence-electron chi connectivity index (χ2n) is 8.23. The molecule has 0 amide bonds. The third-order valence-corrected chi connectivity index (χ3v) is 5.21. The first-order valence-electron chi connectivity index (χ1n) is 10.9. The monoisotopic (exact) mass is 458 g/mol. The third kappa shape index (κ3) is 8.07. The van der Waals surface area contributed by atoms with Gasteiger partial charge in [0.25, 0.3) is 0 Å². The molecular weight excluding hydrogens is 424 g/mol. The van der Waals surface area contributed by atoms with Gasteiger partial charge in [-0.05, 0) is 35.4 Å². The Balaban J connectivity index is 1.99. The molecule has 33 heavy (non-hydrogen) atoms. The number of hydrogen-bond acceptors (Lipinski definition) is 8. The number of hydrogen-bond donors (Lipinski definition) is 2. The zero-order valence-corrected chi connectivity index (χ0v) is 19.7. The van der Waals surface area contributed by atoms with Crippen LogP contribution in [0.1, 0.15) is 38.8 Å². The summed E-state index contributed by atoms with van der Waals surface area (Å²) < 4.78 is 21.6. The highest BCUT2D eigenvalue weighted by atomic mass is 16.6. The molecule has 2 atom stereocenters. The molecule has 0 aromatic heterocycles. The van der Waals surface area contributed by atoms with Crippen molar-refractivity contribution in [2.45, 2.75) is 45.3 Å². The molecule has 8 heteroatoms. The highest BCUT2D eigenvalue weighted by Gasteiger charge is 2.23. The highest BCUT2D eigenvalue weighted by molar-refractivity contribution is 5.66. The van der Waals surface area contributed by atoms with Crippen LogP contribution in [0.3, 0.4) is 0 Å². The number of benzene rings is 2. The first kappa shape index (κ1) is 26.2. The number of carbonyl (C=O) groups excluding carboxylic acids is 2. The van der Waals surface area contributed by atoms with Crippen molar-refractivity contribution < 1.29 is 28.5 Å². The smallest absolute Gasteiger partial charge is 0.303 e. The van der Waals surface area contributed by atoms with Crippen molar-refractivity contribution in [1.82, 2.24) is 0 Å². The second kappa shape index (κ2) is 12.2. The molecule has 4 N–H and O–H groups in total. The van der Waals surface area contributed by atoms with Crippen molar-refractivity contribution in [2.24, 2.45) is 11.5 Å². The Morgan fingerprint density at radius 1 is 0.727 bits per heavy atom. The van der Waals surface area contributed by atoms with E-state index in [9.17, 15) is 9.59 Å². The Morgan fingerprint density at radius 3 is 1.33 bits per heavy atom. The Bertz CT molecular complexity index is 823. The summed E-state index contributed by atoms with van der Waals surface area (Å²) in [6.45, 7) is 7.74. The molecule has 2 aromatic carbocycles. The molecule has 0 aliphatic rings.